The van der Waals surface area contributed by atoms with E-state index >= 15 is 0 Å². The van der Waals surface area contributed by atoms with Crippen molar-refractivity contribution in [3.8, 4) is 0 Å². The molecule has 1 aliphatic heterocycles. The zero-order valence-electron chi connectivity index (χ0n) is 17.0. The highest BCUT2D eigenvalue weighted by Crippen LogP contribution is 2.28. The number of hydrogen-bond donors (Lipinski definition) is 4. The molecule has 0 bridgehead atoms. The molecule has 2 aromatic carbocycles. The maximum absolute atomic E-state index is 11.3. The fraction of sp³-hybridized carbons (Fsp3) is 0.286. The molecule has 0 saturated heterocycles. The molecule has 7 nitrogen and oxygen atoms in total. The fourth-order valence-corrected chi connectivity index (χ4v) is 3.82. The lowest BCUT2D eigenvalue weighted by Gasteiger charge is -2.26. The summed E-state index contributed by atoms with van der Waals surface area (Å²) in [6.45, 7) is 2.82. The number of anilines is 1. The Labute approximate surface area is 175 Å². The van der Waals surface area contributed by atoms with E-state index in [1.807, 2.05) is 26.2 Å². The molecule has 2 atom stereocenters. The van der Waals surface area contributed by atoms with Gasteiger partial charge in [0.15, 0.2) is 10.9 Å². The Morgan fingerprint density at radius 2 is 1.93 bits per heavy atom. The van der Waals surface area contributed by atoms with Crippen LogP contribution in [0.4, 0.5) is 5.69 Å². The van der Waals surface area contributed by atoms with Crippen molar-refractivity contribution in [3.63, 3.8) is 0 Å². The molecule has 1 unspecified atom stereocenters. The Bertz CT molecular complexity index is 908. The van der Waals surface area contributed by atoms with Gasteiger partial charge in [-0.2, -0.15) is 4.99 Å². The van der Waals surface area contributed by atoms with E-state index in [4.69, 9.17) is 10.9 Å². The van der Waals surface area contributed by atoms with Gasteiger partial charge in [-0.15, -0.1) is 5.14 Å². The lowest BCUT2D eigenvalue weighted by molar-refractivity contribution is 0.596. The van der Waals surface area contributed by atoms with Crippen molar-refractivity contribution in [2.45, 2.75) is 24.3 Å². The molecule has 0 fully saturated rings. The molecule has 29 heavy (non-hydrogen) atoms. The van der Waals surface area contributed by atoms with Crippen molar-refractivity contribution >= 4 is 23.0 Å². The first-order chi connectivity index (χ1) is 13.8. The van der Waals surface area contributed by atoms with Crippen molar-refractivity contribution in [2.75, 3.05) is 25.5 Å². The van der Waals surface area contributed by atoms with Crippen molar-refractivity contribution < 1.29 is 4.55 Å². The minimum absolute atomic E-state index is 0.0475. The molecule has 154 valence electrons. The van der Waals surface area contributed by atoms with Crippen LogP contribution >= 0.6 is 0 Å². The van der Waals surface area contributed by atoms with Gasteiger partial charge in [0.25, 0.3) is 0 Å². The van der Waals surface area contributed by atoms with Gasteiger partial charge < -0.3 is 25.8 Å². The van der Waals surface area contributed by atoms with E-state index in [-0.39, 0.29) is 6.04 Å². The largest absolute Gasteiger partial charge is 0.593 e. The standard InChI is InChI=1S/C21H28N6OS/c1-14-17(5-4-6-19(14)27(2)3)18-13-20(26-21(22)25-18)24-12-11-15-7-9-16(10-8-15)29(23)28/h4-10,13,18,24H,11-12,23H2,1-3H3,(H3,22,25,26)/t18?,29-/m1/s1. The molecule has 6 N–H and O–H groups in total. The van der Waals surface area contributed by atoms with Crippen LogP contribution in [-0.2, 0) is 17.8 Å². The normalized spacial score (nSPS) is 17.1. The van der Waals surface area contributed by atoms with Crippen LogP contribution in [0.1, 0.15) is 22.7 Å². The maximum Gasteiger partial charge on any atom is 0.195 e. The van der Waals surface area contributed by atoms with Crippen LogP contribution in [-0.4, -0.2) is 31.2 Å². The first-order valence-electron chi connectivity index (χ1n) is 9.43. The molecular formula is C21H28N6OS. The van der Waals surface area contributed by atoms with Crippen LogP contribution in [0.25, 0.3) is 0 Å². The summed E-state index contributed by atoms with van der Waals surface area (Å²) in [7, 11) is 4.08. The van der Waals surface area contributed by atoms with Crippen molar-refractivity contribution in [2.24, 2.45) is 15.9 Å². The van der Waals surface area contributed by atoms with E-state index in [2.05, 4.69) is 51.7 Å². The third-order valence-electron chi connectivity index (χ3n) is 4.91. The number of nitrogens with one attached hydrogen (secondary N) is 2. The predicted octanol–water partition coefficient (Wildman–Crippen LogP) is 1.68. The predicted molar refractivity (Wildman–Crippen MR) is 120 cm³/mol. The van der Waals surface area contributed by atoms with Crippen LogP contribution in [0.3, 0.4) is 0 Å². The number of hydrogen-bond acceptors (Lipinski definition) is 7. The summed E-state index contributed by atoms with van der Waals surface area (Å²) >= 11 is -1.45. The average molecular weight is 413 g/mol. The highest BCUT2D eigenvalue weighted by molar-refractivity contribution is 7.89. The number of aliphatic imine (C=N–C) groups is 1. The Morgan fingerprint density at radius 3 is 2.59 bits per heavy atom. The summed E-state index contributed by atoms with van der Waals surface area (Å²) in [5, 5.41) is 12.0. The van der Waals surface area contributed by atoms with Crippen LogP contribution < -0.4 is 26.4 Å². The number of rotatable bonds is 7. The topological polar surface area (TPSA) is 115 Å². The van der Waals surface area contributed by atoms with Crippen LogP contribution in [0.2, 0.25) is 0 Å². The van der Waals surface area contributed by atoms with Crippen molar-refractivity contribution in [3.05, 3.63) is 71.1 Å². The Morgan fingerprint density at radius 1 is 1.21 bits per heavy atom. The minimum Gasteiger partial charge on any atom is -0.593 e. The third kappa shape index (κ3) is 5.23. The van der Waals surface area contributed by atoms with Gasteiger partial charge in [-0.25, -0.2) is 0 Å². The van der Waals surface area contributed by atoms with Crippen LogP contribution in [0, 0.1) is 6.92 Å². The summed E-state index contributed by atoms with van der Waals surface area (Å²) in [4.78, 5) is 7.11. The molecule has 8 heteroatoms. The molecule has 0 spiro atoms. The minimum atomic E-state index is -1.45. The van der Waals surface area contributed by atoms with Gasteiger partial charge in [-0.3, -0.25) is 0 Å². The average Bonchev–Trinajstić information content (AvgIpc) is 2.68. The molecule has 0 aromatic heterocycles. The van der Waals surface area contributed by atoms with Crippen LogP contribution in [0.15, 0.2) is 64.2 Å². The molecule has 0 amide bonds. The maximum atomic E-state index is 11.3. The molecule has 0 saturated carbocycles. The molecular weight excluding hydrogens is 384 g/mol. The first-order valence-corrected chi connectivity index (χ1v) is 10.6. The lowest BCUT2D eigenvalue weighted by atomic mass is 9.98. The fourth-order valence-electron chi connectivity index (χ4n) is 3.41. The number of guanidine groups is 1. The van der Waals surface area contributed by atoms with Crippen LogP contribution in [0.5, 0.6) is 0 Å². The Balaban J connectivity index is 1.68. The monoisotopic (exact) mass is 412 g/mol. The smallest absolute Gasteiger partial charge is 0.195 e. The number of nitrogens with zero attached hydrogens (tertiary/aromatic N) is 2. The quantitative estimate of drug-likeness (QED) is 0.515. The van der Waals surface area contributed by atoms with E-state index in [0.29, 0.717) is 17.4 Å². The molecule has 2 aromatic rings. The number of nitrogens with two attached hydrogens (primary N) is 2. The van der Waals surface area contributed by atoms with Gasteiger partial charge in [0.05, 0.1) is 17.4 Å². The highest BCUT2D eigenvalue weighted by Gasteiger charge is 2.19. The van der Waals surface area contributed by atoms with Gasteiger partial charge >= 0.3 is 0 Å². The summed E-state index contributed by atoms with van der Waals surface area (Å²) in [6, 6.07) is 13.7. The highest BCUT2D eigenvalue weighted by atomic mass is 32.2. The summed E-state index contributed by atoms with van der Waals surface area (Å²) in [6.07, 6.45) is 2.86. The second-order valence-corrected chi connectivity index (χ2v) is 8.24. The number of benzene rings is 2. The van der Waals surface area contributed by atoms with Crippen molar-refractivity contribution in [1.29, 1.82) is 0 Å². The van der Waals surface area contributed by atoms with Gasteiger partial charge in [-0.05, 0) is 54.3 Å². The molecule has 0 aliphatic carbocycles. The van der Waals surface area contributed by atoms with Gasteiger partial charge in [0, 0.05) is 26.3 Å². The van der Waals surface area contributed by atoms with E-state index in [9.17, 15) is 4.55 Å². The molecule has 1 aliphatic rings. The molecule has 3 rings (SSSR count). The first kappa shape index (κ1) is 21.0. The molecule has 1 heterocycles. The zero-order chi connectivity index (χ0) is 21.0. The van der Waals surface area contributed by atoms with Gasteiger partial charge in [0.2, 0.25) is 0 Å². The summed E-state index contributed by atoms with van der Waals surface area (Å²) < 4.78 is 11.3. The van der Waals surface area contributed by atoms with Crippen molar-refractivity contribution in [1.82, 2.24) is 10.6 Å². The Hall–Kier alpha value is -2.68. The van der Waals surface area contributed by atoms with E-state index < -0.39 is 11.4 Å². The summed E-state index contributed by atoms with van der Waals surface area (Å²) in [5.74, 6) is 1.14. The third-order valence-corrected chi connectivity index (χ3v) is 5.65. The lowest BCUT2D eigenvalue weighted by Crippen LogP contribution is -2.38. The Kier molecular flexibility index (Phi) is 6.68. The summed E-state index contributed by atoms with van der Waals surface area (Å²) in [5.41, 5.74) is 10.7. The van der Waals surface area contributed by atoms with E-state index in [0.717, 1.165) is 17.8 Å². The van der Waals surface area contributed by atoms with Gasteiger partial charge in [-0.1, -0.05) is 24.3 Å². The van der Waals surface area contributed by atoms with Gasteiger partial charge in [0.1, 0.15) is 5.82 Å². The van der Waals surface area contributed by atoms with E-state index in [1.54, 1.807) is 12.1 Å². The van der Waals surface area contributed by atoms with E-state index in [1.165, 1.54) is 16.8 Å². The molecule has 0 radical (unpaired) electrons. The SMILES string of the molecule is Cc1c(C2C=C(NCCc3ccc([S@+](N)[O-])cc3)N=C(N)N2)cccc1N(C)C. The second-order valence-electron chi connectivity index (χ2n) is 7.17. The second kappa shape index (κ2) is 9.21. The zero-order valence-corrected chi connectivity index (χ0v) is 17.8.